The van der Waals surface area contributed by atoms with Crippen LogP contribution in [-0.4, -0.2) is 23.6 Å². The largest absolute Gasteiger partial charge is 0.467 e. The summed E-state index contributed by atoms with van der Waals surface area (Å²) in [6.07, 6.45) is 1.91. The molecule has 14 heavy (non-hydrogen) atoms. The van der Waals surface area contributed by atoms with Crippen LogP contribution in [0.4, 0.5) is 0 Å². The average molecular weight is 195 g/mol. The van der Waals surface area contributed by atoms with Crippen molar-refractivity contribution in [3.63, 3.8) is 0 Å². The van der Waals surface area contributed by atoms with E-state index in [9.17, 15) is 0 Å². The van der Waals surface area contributed by atoms with Gasteiger partial charge in [-0.25, -0.2) is 9.97 Å². The molecule has 0 aliphatic rings. The number of ether oxygens (including phenoxy) is 1. The monoisotopic (exact) mass is 195 g/mol. The van der Waals surface area contributed by atoms with Crippen molar-refractivity contribution in [1.82, 2.24) is 9.97 Å². The topological polar surface area (TPSA) is 61.0 Å². The van der Waals surface area contributed by atoms with Gasteiger partial charge in [0.1, 0.15) is 0 Å². The summed E-state index contributed by atoms with van der Waals surface area (Å²) in [7, 11) is 1.58. The fourth-order valence-electron chi connectivity index (χ4n) is 1.44. The molecule has 0 bridgehead atoms. The number of rotatable bonds is 4. The Balaban J connectivity index is 2.93. The van der Waals surface area contributed by atoms with Crippen molar-refractivity contribution in [2.24, 2.45) is 5.73 Å². The summed E-state index contributed by atoms with van der Waals surface area (Å²) in [5.74, 6) is 0. The molecule has 0 atom stereocenters. The van der Waals surface area contributed by atoms with Crippen LogP contribution in [0.5, 0.6) is 6.01 Å². The second-order valence-corrected chi connectivity index (χ2v) is 3.25. The molecular weight excluding hydrogens is 178 g/mol. The van der Waals surface area contributed by atoms with Gasteiger partial charge in [-0.05, 0) is 38.8 Å². The molecule has 0 unspecified atom stereocenters. The molecule has 2 N–H and O–H groups in total. The zero-order valence-corrected chi connectivity index (χ0v) is 9.00. The molecule has 0 saturated heterocycles. The molecule has 0 aliphatic heterocycles. The van der Waals surface area contributed by atoms with E-state index >= 15 is 0 Å². The summed E-state index contributed by atoms with van der Waals surface area (Å²) >= 11 is 0. The van der Waals surface area contributed by atoms with E-state index in [1.54, 1.807) is 7.11 Å². The minimum Gasteiger partial charge on any atom is -0.467 e. The van der Waals surface area contributed by atoms with Crippen LogP contribution in [0, 0.1) is 13.8 Å². The van der Waals surface area contributed by atoms with Crippen molar-refractivity contribution in [1.29, 1.82) is 0 Å². The lowest BCUT2D eigenvalue weighted by atomic mass is 10.1. The molecule has 1 aromatic rings. The van der Waals surface area contributed by atoms with Crippen LogP contribution in [0.15, 0.2) is 0 Å². The third-order valence-electron chi connectivity index (χ3n) is 2.21. The second-order valence-electron chi connectivity index (χ2n) is 3.25. The Hall–Kier alpha value is -1.16. The molecule has 4 nitrogen and oxygen atoms in total. The number of nitrogens with two attached hydrogens (primary N) is 1. The number of hydrogen-bond acceptors (Lipinski definition) is 4. The van der Waals surface area contributed by atoms with Crippen LogP contribution in [-0.2, 0) is 6.42 Å². The third kappa shape index (κ3) is 2.42. The van der Waals surface area contributed by atoms with Crippen LogP contribution in [0.3, 0.4) is 0 Å². The molecule has 1 heterocycles. The molecule has 0 spiro atoms. The van der Waals surface area contributed by atoms with E-state index in [0.717, 1.165) is 24.2 Å². The summed E-state index contributed by atoms with van der Waals surface area (Å²) < 4.78 is 4.99. The highest BCUT2D eigenvalue weighted by Gasteiger charge is 2.07. The van der Waals surface area contributed by atoms with Gasteiger partial charge in [0, 0.05) is 11.4 Å². The van der Waals surface area contributed by atoms with Gasteiger partial charge in [0.25, 0.3) is 0 Å². The lowest BCUT2D eigenvalue weighted by molar-refractivity contribution is 0.377. The van der Waals surface area contributed by atoms with E-state index in [2.05, 4.69) is 9.97 Å². The first-order chi connectivity index (χ1) is 6.69. The van der Waals surface area contributed by atoms with Crippen molar-refractivity contribution in [2.45, 2.75) is 26.7 Å². The van der Waals surface area contributed by atoms with Crippen molar-refractivity contribution in [3.8, 4) is 6.01 Å². The zero-order valence-electron chi connectivity index (χ0n) is 9.00. The molecule has 0 aliphatic carbocycles. The Morgan fingerprint density at radius 2 is 1.79 bits per heavy atom. The predicted molar refractivity (Wildman–Crippen MR) is 55.4 cm³/mol. The normalized spacial score (nSPS) is 10.3. The van der Waals surface area contributed by atoms with Gasteiger partial charge in [-0.15, -0.1) is 0 Å². The summed E-state index contributed by atoms with van der Waals surface area (Å²) in [6.45, 7) is 4.65. The Kier molecular flexibility index (Phi) is 3.83. The van der Waals surface area contributed by atoms with Crippen LogP contribution < -0.4 is 10.5 Å². The molecule has 78 valence electrons. The maximum absolute atomic E-state index is 5.47. The molecule has 0 fully saturated rings. The summed E-state index contributed by atoms with van der Waals surface area (Å²) in [4.78, 5) is 8.46. The Labute approximate surface area is 84.5 Å². The van der Waals surface area contributed by atoms with Crippen LogP contribution in [0.2, 0.25) is 0 Å². The van der Waals surface area contributed by atoms with E-state index in [-0.39, 0.29) is 0 Å². The number of nitrogens with zero attached hydrogens (tertiary/aromatic N) is 2. The second kappa shape index (κ2) is 4.91. The summed E-state index contributed by atoms with van der Waals surface area (Å²) in [5.41, 5.74) is 8.64. The van der Waals surface area contributed by atoms with E-state index in [1.165, 1.54) is 5.56 Å². The summed E-state index contributed by atoms with van der Waals surface area (Å²) in [5, 5.41) is 0. The first-order valence-electron chi connectivity index (χ1n) is 4.77. The maximum Gasteiger partial charge on any atom is 0.316 e. The molecule has 0 saturated carbocycles. The van der Waals surface area contributed by atoms with Crippen molar-refractivity contribution in [2.75, 3.05) is 13.7 Å². The van der Waals surface area contributed by atoms with Crippen molar-refractivity contribution >= 4 is 0 Å². The van der Waals surface area contributed by atoms with Gasteiger partial charge in [-0.1, -0.05) is 0 Å². The van der Waals surface area contributed by atoms with Gasteiger partial charge in [0.05, 0.1) is 7.11 Å². The fraction of sp³-hybridized carbons (Fsp3) is 0.600. The van der Waals surface area contributed by atoms with Crippen LogP contribution in [0.1, 0.15) is 23.4 Å². The van der Waals surface area contributed by atoms with E-state index in [1.807, 2.05) is 13.8 Å². The molecule has 4 heteroatoms. The minimum absolute atomic E-state index is 0.441. The standard InChI is InChI=1S/C10H17N3O/c1-7-9(5-4-6-11)8(2)13-10(12-7)14-3/h4-6,11H2,1-3H3. The first kappa shape index (κ1) is 10.9. The first-order valence-corrected chi connectivity index (χ1v) is 4.77. The molecule has 1 rings (SSSR count). The van der Waals surface area contributed by atoms with Gasteiger partial charge in [0.2, 0.25) is 0 Å². The quantitative estimate of drug-likeness (QED) is 0.778. The van der Waals surface area contributed by atoms with Crippen molar-refractivity contribution < 1.29 is 4.74 Å². The van der Waals surface area contributed by atoms with Gasteiger partial charge in [0.15, 0.2) is 0 Å². The Morgan fingerprint density at radius 1 is 1.21 bits per heavy atom. The zero-order chi connectivity index (χ0) is 10.6. The van der Waals surface area contributed by atoms with E-state index in [4.69, 9.17) is 10.5 Å². The molecule has 0 aromatic carbocycles. The maximum atomic E-state index is 5.47. The highest BCUT2D eigenvalue weighted by atomic mass is 16.5. The van der Waals surface area contributed by atoms with Crippen molar-refractivity contribution in [3.05, 3.63) is 17.0 Å². The average Bonchev–Trinajstić information content (AvgIpc) is 2.16. The summed E-state index contributed by atoms with van der Waals surface area (Å²) in [6, 6.07) is 0.441. The van der Waals surface area contributed by atoms with Gasteiger partial charge < -0.3 is 10.5 Å². The molecule has 0 amide bonds. The number of aromatic nitrogens is 2. The molecule has 0 radical (unpaired) electrons. The molecular formula is C10H17N3O. The Bertz CT molecular complexity index is 289. The highest BCUT2D eigenvalue weighted by molar-refractivity contribution is 5.25. The van der Waals surface area contributed by atoms with Gasteiger partial charge >= 0.3 is 6.01 Å². The van der Waals surface area contributed by atoms with E-state index < -0.39 is 0 Å². The number of hydrogen-bond donors (Lipinski definition) is 1. The van der Waals surface area contributed by atoms with Crippen LogP contribution in [0.25, 0.3) is 0 Å². The smallest absolute Gasteiger partial charge is 0.316 e. The minimum atomic E-state index is 0.441. The number of methoxy groups -OCH3 is 1. The van der Waals surface area contributed by atoms with E-state index in [0.29, 0.717) is 12.6 Å². The lowest BCUT2D eigenvalue weighted by Crippen LogP contribution is -2.06. The number of aryl methyl sites for hydroxylation is 2. The van der Waals surface area contributed by atoms with Gasteiger partial charge in [-0.3, -0.25) is 0 Å². The molecule has 1 aromatic heterocycles. The third-order valence-corrected chi connectivity index (χ3v) is 2.21. The van der Waals surface area contributed by atoms with Gasteiger partial charge in [-0.2, -0.15) is 0 Å². The Morgan fingerprint density at radius 3 is 2.21 bits per heavy atom. The highest BCUT2D eigenvalue weighted by Crippen LogP contribution is 2.15. The SMILES string of the molecule is COc1nc(C)c(CCCN)c(C)n1. The predicted octanol–water partition coefficient (Wildman–Crippen LogP) is 0.993. The lowest BCUT2D eigenvalue weighted by Gasteiger charge is -2.09. The fourth-order valence-corrected chi connectivity index (χ4v) is 1.44. The van der Waals surface area contributed by atoms with Crippen LogP contribution >= 0.6 is 0 Å².